The Morgan fingerprint density at radius 2 is 1.59 bits per heavy atom. The molecule has 0 saturated carbocycles. The SMILES string of the molecule is O=C(Nc1ccc(Br)cc1)c1cc(Br)ccc1NS(=O)(=O)c1ccc(F)c(Cl)c1. The summed E-state index contributed by atoms with van der Waals surface area (Å²) in [7, 11) is -4.10. The minimum absolute atomic E-state index is 0.0586. The Bertz CT molecular complexity index is 1190. The standard InChI is InChI=1S/C19H12Br2ClFN2O3S/c20-11-1-4-13(5-2-11)24-19(26)15-9-12(21)3-8-18(15)25-29(27,28)14-6-7-17(23)16(22)10-14/h1-10,25H,(H,24,26). The molecule has 5 nitrogen and oxygen atoms in total. The molecule has 0 bridgehead atoms. The third-order valence-electron chi connectivity index (χ3n) is 3.77. The Balaban J connectivity index is 1.92. The highest BCUT2D eigenvalue weighted by molar-refractivity contribution is 9.10. The lowest BCUT2D eigenvalue weighted by atomic mass is 10.1. The highest BCUT2D eigenvalue weighted by atomic mass is 79.9. The lowest BCUT2D eigenvalue weighted by Gasteiger charge is -2.14. The molecule has 0 aromatic heterocycles. The van der Waals surface area contributed by atoms with Crippen LogP contribution < -0.4 is 10.0 Å². The van der Waals surface area contributed by atoms with Crippen LogP contribution in [0.3, 0.4) is 0 Å². The molecule has 0 unspecified atom stereocenters. The van der Waals surface area contributed by atoms with Gasteiger partial charge in [-0.15, -0.1) is 0 Å². The molecule has 29 heavy (non-hydrogen) atoms. The van der Waals surface area contributed by atoms with Crippen LogP contribution in [0.1, 0.15) is 10.4 Å². The second kappa shape index (κ2) is 8.83. The molecule has 0 spiro atoms. The number of nitrogens with one attached hydrogen (secondary N) is 2. The minimum Gasteiger partial charge on any atom is -0.322 e. The molecule has 3 rings (SSSR count). The molecule has 2 N–H and O–H groups in total. The Labute approximate surface area is 188 Å². The smallest absolute Gasteiger partial charge is 0.261 e. The molecule has 0 aliphatic heterocycles. The summed E-state index contributed by atoms with van der Waals surface area (Å²) in [5, 5.41) is 2.39. The van der Waals surface area contributed by atoms with Crippen LogP contribution in [0.2, 0.25) is 5.02 Å². The largest absolute Gasteiger partial charge is 0.322 e. The summed E-state index contributed by atoms with van der Waals surface area (Å²) >= 11 is 12.3. The van der Waals surface area contributed by atoms with Crippen molar-refractivity contribution in [3.05, 3.63) is 86.0 Å². The number of rotatable bonds is 5. The summed E-state index contributed by atoms with van der Waals surface area (Å²) in [6.45, 7) is 0. The zero-order chi connectivity index (χ0) is 21.2. The summed E-state index contributed by atoms with van der Waals surface area (Å²) in [4.78, 5) is 12.5. The summed E-state index contributed by atoms with van der Waals surface area (Å²) in [5.74, 6) is -1.24. The zero-order valence-corrected chi connectivity index (χ0v) is 19.2. The van der Waals surface area contributed by atoms with Gasteiger partial charge < -0.3 is 5.32 Å². The average Bonchev–Trinajstić information content (AvgIpc) is 2.67. The van der Waals surface area contributed by atoms with Crippen LogP contribution in [0.5, 0.6) is 0 Å². The molecule has 10 heteroatoms. The number of carbonyl (C=O) groups excluding carboxylic acids is 1. The van der Waals surface area contributed by atoms with Gasteiger partial charge in [0.2, 0.25) is 0 Å². The lowest BCUT2D eigenvalue weighted by Crippen LogP contribution is -2.18. The summed E-state index contributed by atoms with van der Waals surface area (Å²) in [6.07, 6.45) is 0. The van der Waals surface area contributed by atoms with Crippen molar-refractivity contribution in [1.29, 1.82) is 0 Å². The van der Waals surface area contributed by atoms with E-state index in [1.165, 1.54) is 12.1 Å². The first kappa shape index (κ1) is 21.8. The fraction of sp³-hybridized carbons (Fsp3) is 0. The van der Waals surface area contributed by atoms with Crippen LogP contribution in [0.15, 0.2) is 74.5 Å². The van der Waals surface area contributed by atoms with Gasteiger partial charge in [-0.05, 0) is 60.7 Å². The summed E-state index contributed by atoms with van der Waals surface area (Å²) in [5.41, 5.74) is 0.694. The monoisotopic (exact) mass is 560 g/mol. The third kappa shape index (κ3) is 5.36. The molecule has 150 valence electrons. The quantitative estimate of drug-likeness (QED) is 0.397. The van der Waals surface area contributed by atoms with Gasteiger partial charge >= 0.3 is 0 Å². The molecule has 0 fully saturated rings. The van der Waals surface area contributed by atoms with Crippen molar-refractivity contribution in [1.82, 2.24) is 0 Å². The molecule has 0 aliphatic rings. The van der Waals surface area contributed by atoms with E-state index in [9.17, 15) is 17.6 Å². The minimum atomic E-state index is -4.10. The Hall–Kier alpha value is -1.94. The Morgan fingerprint density at radius 1 is 0.931 bits per heavy atom. The molecule has 3 aromatic carbocycles. The molecule has 0 radical (unpaired) electrons. The highest BCUT2D eigenvalue weighted by Crippen LogP contribution is 2.27. The van der Waals surface area contributed by atoms with Crippen molar-refractivity contribution in [3.8, 4) is 0 Å². The number of carbonyl (C=O) groups is 1. The van der Waals surface area contributed by atoms with Crippen LogP contribution in [0.4, 0.5) is 15.8 Å². The first-order valence-corrected chi connectivity index (χ1v) is 11.4. The van der Waals surface area contributed by atoms with Gasteiger partial charge in [0.15, 0.2) is 0 Å². The second-order valence-corrected chi connectivity index (χ2v) is 9.75. The first-order chi connectivity index (χ1) is 13.7. The van der Waals surface area contributed by atoms with Crippen molar-refractivity contribution in [2.24, 2.45) is 0 Å². The van der Waals surface area contributed by atoms with Gasteiger partial charge in [-0.25, -0.2) is 12.8 Å². The predicted molar refractivity (Wildman–Crippen MR) is 118 cm³/mol. The average molecular weight is 563 g/mol. The summed E-state index contributed by atoms with van der Waals surface area (Å²) in [6, 6.07) is 14.5. The number of hydrogen-bond acceptors (Lipinski definition) is 3. The van der Waals surface area contributed by atoms with Crippen LogP contribution in [0, 0.1) is 5.82 Å². The van der Waals surface area contributed by atoms with E-state index in [0.717, 1.165) is 22.7 Å². The van der Waals surface area contributed by atoms with Gasteiger partial charge in [0.25, 0.3) is 15.9 Å². The number of anilines is 2. The van der Waals surface area contributed by atoms with Gasteiger partial charge in [0.1, 0.15) is 5.82 Å². The summed E-state index contributed by atoms with van der Waals surface area (Å²) < 4.78 is 42.5. The molecular weight excluding hydrogens is 551 g/mol. The van der Waals surface area contributed by atoms with Gasteiger partial charge in [-0.3, -0.25) is 9.52 Å². The molecule has 0 saturated heterocycles. The van der Waals surface area contributed by atoms with E-state index in [1.807, 2.05) is 0 Å². The molecular formula is C19H12Br2ClFN2O3S. The lowest BCUT2D eigenvalue weighted by molar-refractivity contribution is 0.102. The molecule has 0 heterocycles. The number of benzene rings is 3. The van der Waals surface area contributed by atoms with E-state index in [4.69, 9.17) is 11.6 Å². The zero-order valence-electron chi connectivity index (χ0n) is 14.4. The maximum atomic E-state index is 13.4. The van der Waals surface area contributed by atoms with E-state index in [1.54, 1.807) is 30.3 Å². The van der Waals surface area contributed by atoms with Crippen molar-refractivity contribution in [3.63, 3.8) is 0 Å². The maximum Gasteiger partial charge on any atom is 0.261 e. The maximum absolute atomic E-state index is 13.4. The highest BCUT2D eigenvalue weighted by Gasteiger charge is 2.20. The molecule has 1 amide bonds. The number of hydrogen-bond donors (Lipinski definition) is 2. The Kier molecular flexibility index (Phi) is 6.62. The van der Waals surface area contributed by atoms with Crippen LogP contribution in [-0.2, 0) is 10.0 Å². The van der Waals surface area contributed by atoms with Crippen molar-refractivity contribution in [2.75, 3.05) is 10.0 Å². The topological polar surface area (TPSA) is 75.3 Å². The number of sulfonamides is 1. The van der Waals surface area contributed by atoms with Crippen LogP contribution in [-0.4, -0.2) is 14.3 Å². The second-order valence-electron chi connectivity index (χ2n) is 5.83. The molecule has 0 aliphatic carbocycles. The van der Waals surface area contributed by atoms with E-state index in [-0.39, 0.29) is 21.2 Å². The molecule has 3 aromatic rings. The fourth-order valence-corrected chi connectivity index (χ4v) is 4.35. The van der Waals surface area contributed by atoms with Crippen molar-refractivity contribution in [2.45, 2.75) is 4.90 Å². The van der Waals surface area contributed by atoms with Gasteiger partial charge in [-0.1, -0.05) is 43.5 Å². The Morgan fingerprint density at radius 3 is 2.24 bits per heavy atom. The number of halogens is 4. The number of amides is 1. The van der Waals surface area contributed by atoms with E-state index < -0.39 is 21.7 Å². The van der Waals surface area contributed by atoms with Crippen LogP contribution >= 0.6 is 43.5 Å². The normalized spacial score (nSPS) is 11.2. The molecule has 0 atom stereocenters. The van der Waals surface area contributed by atoms with Crippen molar-refractivity contribution >= 4 is 70.8 Å². The van der Waals surface area contributed by atoms with E-state index in [0.29, 0.717) is 10.2 Å². The van der Waals surface area contributed by atoms with Gasteiger partial charge in [0, 0.05) is 14.6 Å². The first-order valence-electron chi connectivity index (χ1n) is 8.00. The van der Waals surface area contributed by atoms with Gasteiger partial charge in [-0.2, -0.15) is 0 Å². The van der Waals surface area contributed by atoms with E-state index >= 15 is 0 Å². The third-order valence-corrected chi connectivity index (χ3v) is 6.45. The fourth-order valence-electron chi connectivity index (χ4n) is 2.37. The van der Waals surface area contributed by atoms with E-state index in [2.05, 4.69) is 41.9 Å². The predicted octanol–water partition coefficient (Wildman–Crippen LogP) is 6.06. The van der Waals surface area contributed by atoms with Crippen molar-refractivity contribution < 1.29 is 17.6 Å². The van der Waals surface area contributed by atoms with Crippen LogP contribution in [0.25, 0.3) is 0 Å². The van der Waals surface area contributed by atoms with Gasteiger partial charge in [0.05, 0.1) is 21.2 Å².